The average molecular weight is 676 g/mol. The minimum Gasteiger partial charge on any atom is -0.309 e. The summed E-state index contributed by atoms with van der Waals surface area (Å²) in [5.41, 5.74) is 13.2. The van der Waals surface area contributed by atoms with Gasteiger partial charge in [0.15, 0.2) is 0 Å². The molecule has 1 aromatic heterocycles. The van der Waals surface area contributed by atoms with Gasteiger partial charge in [-0.2, -0.15) is 0 Å². The zero-order valence-corrected chi connectivity index (χ0v) is 29.6. The second-order valence-corrected chi connectivity index (χ2v) is 14.9. The lowest BCUT2D eigenvalue weighted by molar-refractivity contribution is 0.566. The molecule has 1 heterocycles. The Morgan fingerprint density at radius 2 is 0.962 bits per heavy atom. The van der Waals surface area contributed by atoms with Crippen LogP contribution in [-0.2, 0) is 6.42 Å². The molecule has 0 N–H and O–H groups in total. The van der Waals surface area contributed by atoms with Crippen molar-refractivity contribution in [3.8, 4) is 27.9 Å². The highest BCUT2D eigenvalue weighted by Gasteiger charge is 2.31. The van der Waals surface area contributed by atoms with Crippen molar-refractivity contribution in [1.29, 1.82) is 0 Å². The molecule has 11 rings (SSSR count). The van der Waals surface area contributed by atoms with Crippen LogP contribution in [0.3, 0.4) is 0 Å². The molecule has 1 heteroatoms. The van der Waals surface area contributed by atoms with Gasteiger partial charge in [0, 0.05) is 16.5 Å². The molecule has 2 atom stereocenters. The number of para-hydroxylation sites is 1. The minimum atomic E-state index is 0.395. The SMILES string of the molecule is C[C@H]1c2cc(-c3ccc4c(c3)c3ccccc3n4-c3ccc4c5ccccc5c5ccccc5c4c3)ccc2-c2ccccc2C1Cc1ccccc1. The van der Waals surface area contributed by atoms with Crippen molar-refractivity contribution in [2.75, 3.05) is 0 Å². The summed E-state index contributed by atoms with van der Waals surface area (Å²) in [6, 6.07) is 67.9. The third-order valence-corrected chi connectivity index (χ3v) is 12.1. The molecule has 9 aromatic carbocycles. The topological polar surface area (TPSA) is 4.93 Å². The first-order valence-electron chi connectivity index (χ1n) is 18.9. The quantitative estimate of drug-likeness (QED) is 0.164. The van der Waals surface area contributed by atoms with Gasteiger partial charge in [0.2, 0.25) is 0 Å². The summed E-state index contributed by atoms with van der Waals surface area (Å²) in [7, 11) is 0. The van der Waals surface area contributed by atoms with Crippen LogP contribution in [0.2, 0.25) is 0 Å². The Bertz CT molecular complexity index is 3020. The Kier molecular flexibility index (Phi) is 6.73. The van der Waals surface area contributed by atoms with Crippen molar-refractivity contribution in [1.82, 2.24) is 4.57 Å². The van der Waals surface area contributed by atoms with E-state index in [-0.39, 0.29) is 0 Å². The Morgan fingerprint density at radius 1 is 0.396 bits per heavy atom. The predicted octanol–water partition coefficient (Wildman–Crippen LogP) is 14.0. The van der Waals surface area contributed by atoms with Gasteiger partial charge in [0.05, 0.1) is 11.0 Å². The number of hydrogen-bond acceptors (Lipinski definition) is 0. The standard InChI is InChI=1S/C52H37N/c1-33-47(29-34-13-3-2-4-14-34)42-19-9-7-18-41(42)44-26-23-35(30-48(33)44)36-24-28-52-50(31-36)46-21-11-12-22-51(46)53(52)37-25-27-45-40-17-6-5-15-38(40)39-16-8-10-20-43(39)49(45)32-37/h2-28,30-33,47H,29H2,1H3/t33-,47?/m1/s1. The van der Waals surface area contributed by atoms with Crippen LogP contribution < -0.4 is 0 Å². The molecule has 0 fully saturated rings. The largest absolute Gasteiger partial charge is 0.309 e. The molecule has 0 aliphatic heterocycles. The summed E-state index contributed by atoms with van der Waals surface area (Å²) in [4.78, 5) is 0. The molecular formula is C52H37N. The van der Waals surface area contributed by atoms with E-state index in [1.807, 2.05) is 0 Å². The van der Waals surface area contributed by atoms with E-state index in [4.69, 9.17) is 0 Å². The number of hydrogen-bond donors (Lipinski definition) is 0. The first-order valence-corrected chi connectivity index (χ1v) is 18.9. The second kappa shape index (κ2) is 11.8. The van der Waals surface area contributed by atoms with Crippen LogP contribution in [0.15, 0.2) is 182 Å². The van der Waals surface area contributed by atoms with Gasteiger partial charge >= 0.3 is 0 Å². The van der Waals surface area contributed by atoms with E-state index in [9.17, 15) is 0 Å². The smallest absolute Gasteiger partial charge is 0.0541 e. The van der Waals surface area contributed by atoms with Gasteiger partial charge in [0.25, 0.3) is 0 Å². The first kappa shape index (κ1) is 30.2. The fourth-order valence-electron chi connectivity index (χ4n) is 9.54. The minimum absolute atomic E-state index is 0.395. The van der Waals surface area contributed by atoms with Gasteiger partial charge in [-0.3, -0.25) is 0 Å². The van der Waals surface area contributed by atoms with E-state index in [0.717, 1.165) is 6.42 Å². The maximum absolute atomic E-state index is 2.48. The normalized spacial score (nSPS) is 15.3. The lowest BCUT2D eigenvalue weighted by Gasteiger charge is -2.34. The third-order valence-electron chi connectivity index (χ3n) is 12.1. The zero-order chi connectivity index (χ0) is 35.0. The predicted molar refractivity (Wildman–Crippen MR) is 225 cm³/mol. The lowest BCUT2D eigenvalue weighted by Crippen LogP contribution is -2.18. The van der Waals surface area contributed by atoms with Gasteiger partial charge in [-0.05, 0) is 120 Å². The summed E-state index contributed by atoms with van der Waals surface area (Å²) in [6.45, 7) is 2.43. The maximum atomic E-state index is 2.48. The van der Waals surface area contributed by atoms with Crippen molar-refractivity contribution >= 4 is 54.1 Å². The van der Waals surface area contributed by atoms with E-state index >= 15 is 0 Å². The van der Waals surface area contributed by atoms with Crippen LogP contribution >= 0.6 is 0 Å². The monoisotopic (exact) mass is 675 g/mol. The molecule has 0 saturated heterocycles. The molecule has 1 aliphatic carbocycles. The van der Waals surface area contributed by atoms with E-state index in [2.05, 4.69) is 193 Å². The van der Waals surface area contributed by atoms with Gasteiger partial charge in [-0.25, -0.2) is 0 Å². The Balaban J connectivity index is 1.06. The van der Waals surface area contributed by atoms with Crippen molar-refractivity contribution < 1.29 is 0 Å². The first-order chi connectivity index (χ1) is 26.2. The molecule has 0 amide bonds. The van der Waals surface area contributed by atoms with Crippen LogP contribution in [0.1, 0.15) is 35.4 Å². The third kappa shape index (κ3) is 4.64. The highest BCUT2D eigenvalue weighted by Crippen LogP contribution is 2.49. The summed E-state index contributed by atoms with van der Waals surface area (Å²) >= 11 is 0. The molecule has 250 valence electrons. The van der Waals surface area contributed by atoms with Gasteiger partial charge in [0.1, 0.15) is 0 Å². The number of fused-ring (bicyclic) bond motifs is 12. The molecule has 0 radical (unpaired) electrons. The Morgan fingerprint density at radius 3 is 1.74 bits per heavy atom. The van der Waals surface area contributed by atoms with Gasteiger partial charge < -0.3 is 4.57 Å². The van der Waals surface area contributed by atoms with Crippen molar-refractivity contribution in [2.45, 2.75) is 25.2 Å². The summed E-state index contributed by atoms with van der Waals surface area (Å²) in [6.07, 6.45) is 1.04. The van der Waals surface area contributed by atoms with Crippen LogP contribution in [0, 0.1) is 0 Å². The molecule has 0 bridgehead atoms. The summed E-state index contributed by atoms with van der Waals surface area (Å²) in [5.74, 6) is 0.820. The highest BCUT2D eigenvalue weighted by molar-refractivity contribution is 6.25. The molecule has 1 nitrogen and oxygen atoms in total. The summed E-state index contributed by atoms with van der Waals surface area (Å²) < 4.78 is 2.46. The zero-order valence-electron chi connectivity index (χ0n) is 29.6. The number of aromatic nitrogens is 1. The highest BCUT2D eigenvalue weighted by atomic mass is 15.0. The van der Waals surface area contributed by atoms with Crippen LogP contribution in [-0.4, -0.2) is 4.57 Å². The Labute approximate surface area is 309 Å². The lowest BCUT2D eigenvalue weighted by atomic mass is 9.70. The number of benzene rings is 9. The van der Waals surface area contributed by atoms with Gasteiger partial charge in [-0.15, -0.1) is 0 Å². The molecule has 1 unspecified atom stereocenters. The molecule has 0 saturated carbocycles. The van der Waals surface area contributed by atoms with Crippen LogP contribution in [0.5, 0.6) is 0 Å². The Hall–Kier alpha value is -6.44. The average Bonchev–Trinajstić information content (AvgIpc) is 3.56. The second-order valence-electron chi connectivity index (χ2n) is 14.9. The molecule has 10 aromatic rings. The van der Waals surface area contributed by atoms with Crippen LogP contribution in [0.4, 0.5) is 0 Å². The van der Waals surface area contributed by atoms with Crippen molar-refractivity contribution in [3.63, 3.8) is 0 Å². The molecule has 53 heavy (non-hydrogen) atoms. The fourth-order valence-corrected chi connectivity index (χ4v) is 9.54. The van der Waals surface area contributed by atoms with E-state index < -0.39 is 0 Å². The number of nitrogens with zero attached hydrogens (tertiary/aromatic N) is 1. The van der Waals surface area contributed by atoms with Crippen LogP contribution in [0.25, 0.3) is 82.1 Å². The number of rotatable bonds is 4. The van der Waals surface area contributed by atoms with Crippen molar-refractivity contribution in [2.24, 2.45) is 0 Å². The molecule has 1 aliphatic rings. The maximum Gasteiger partial charge on any atom is 0.0541 e. The molecular weight excluding hydrogens is 639 g/mol. The van der Waals surface area contributed by atoms with Gasteiger partial charge in [-0.1, -0.05) is 159 Å². The molecule has 0 spiro atoms. The van der Waals surface area contributed by atoms with Crippen molar-refractivity contribution in [3.05, 3.63) is 199 Å². The summed E-state index contributed by atoms with van der Waals surface area (Å²) in [5, 5.41) is 10.3. The van der Waals surface area contributed by atoms with E-state index in [0.29, 0.717) is 11.8 Å². The fraction of sp³-hybridized carbons (Fsp3) is 0.0769. The van der Waals surface area contributed by atoms with E-state index in [1.165, 1.54) is 98.8 Å². The van der Waals surface area contributed by atoms with E-state index in [1.54, 1.807) is 0 Å².